The molecule has 1 aromatic rings. The Morgan fingerprint density at radius 1 is 1.05 bits per heavy atom. The number of anilines is 1. The second-order valence-corrected chi connectivity index (χ2v) is 6.98. The van der Waals surface area contributed by atoms with Crippen molar-refractivity contribution in [3.8, 4) is 0 Å². The van der Waals surface area contributed by atoms with Crippen LogP contribution in [0.4, 0.5) is 5.95 Å². The number of hydrogen-bond donors (Lipinski definition) is 0. The van der Waals surface area contributed by atoms with Gasteiger partial charge in [-0.25, -0.2) is 9.97 Å². The molecule has 1 saturated carbocycles. The summed E-state index contributed by atoms with van der Waals surface area (Å²) in [5.41, 5.74) is 1.70. The molecule has 2 unspecified atom stereocenters. The lowest BCUT2D eigenvalue weighted by Crippen LogP contribution is -2.41. The summed E-state index contributed by atoms with van der Waals surface area (Å²) < 4.78 is 0.954. The van der Waals surface area contributed by atoms with Crippen molar-refractivity contribution >= 4 is 21.9 Å². The predicted octanol–water partition coefficient (Wildman–Crippen LogP) is 3.71. The lowest BCUT2D eigenvalue weighted by molar-refractivity contribution is 0.535. The summed E-state index contributed by atoms with van der Waals surface area (Å²) in [6.45, 7) is 0. The molecule has 4 heteroatoms. The van der Waals surface area contributed by atoms with E-state index in [4.69, 9.17) is 0 Å². The van der Waals surface area contributed by atoms with Crippen LogP contribution < -0.4 is 4.90 Å². The molecule has 0 aromatic carbocycles. The van der Waals surface area contributed by atoms with Crippen LogP contribution in [0.1, 0.15) is 38.5 Å². The van der Waals surface area contributed by atoms with Crippen LogP contribution in [-0.4, -0.2) is 22.1 Å². The van der Waals surface area contributed by atoms with Gasteiger partial charge in [-0.2, -0.15) is 0 Å². The Labute approximate surface area is 122 Å². The van der Waals surface area contributed by atoms with Crippen molar-refractivity contribution in [2.75, 3.05) is 4.90 Å². The number of allylic oxidation sites excluding steroid dienone is 1. The van der Waals surface area contributed by atoms with Gasteiger partial charge in [0.1, 0.15) is 0 Å². The summed E-state index contributed by atoms with van der Waals surface area (Å²) >= 11 is 3.41. The third kappa shape index (κ3) is 2.31. The topological polar surface area (TPSA) is 29.0 Å². The van der Waals surface area contributed by atoms with E-state index in [0.717, 1.165) is 16.3 Å². The number of rotatable bonds is 2. The molecule has 1 aliphatic carbocycles. The van der Waals surface area contributed by atoms with Gasteiger partial charge in [0.15, 0.2) is 0 Å². The summed E-state index contributed by atoms with van der Waals surface area (Å²) in [6, 6.07) is 1.26. The molecule has 2 aliphatic heterocycles. The smallest absolute Gasteiger partial charge is 0.225 e. The van der Waals surface area contributed by atoms with Gasteiger partial charge < -0.3 is 4.90 Å². The quantitative estimate of drug-likeness (QED) is 0.778. The Morgan fingerprint density at radius 3 is 2.26 bits per heavy atom. The van der Waals surface area contributed by atoms with Crippen LogP contribution in [0.25, 0.3) is 0 Å². The van der Waals surface area contributed by atoms with E-state index in [1.807, 2.05) is 12.4 Å². The SMILES string of the molecule is Brc1cnc(N2C3CCC2CC(=CC2CC2)C3)nc1. The highest BCUT2D eigenvalue weighted by Crippen LogP contribution is 2.42. The molecule has 19 heavy (non-hydrogen) atoms. The Hall–Kier alpha value is -0.900. The first-order valence-electron chi connectivity index (χ1n) is 7.25. The molecule has 0 N–H and O–H groups in total. The summed E-state index contributed by atoms with van der Waals surface area (Å²) in [6.07, 6.45) is 14.2. The van der Waals surface area contributed by atoms with Crippen molar-refractivity contribution in [3.63, 3.8) is 0 Å². The van der Waals surface area contributed by atoms with Crippen LogP contribution in [0.2, 0.25) is 0 Å². The molecule has 1 aromatic heterocycles. The van der Waals surface area contributed by atoms with E-state index in [1.165, 1.54) is 38.5 Å². The first-order valence-corrected chi connectivity index (χ1v) is 8.04. The Balaban J connectivity index is 1.57. The van der Waals surface area contributed by atoms with Crippen LogP contribution in [-0.2, 0) is 0 Å². The highest BCUT2D eigenvalue weighted by molar-refractivity contribution is 9.10. The second-order valence-electron chi connectivity index (χ2n) is 6.06. The molecule has 2 bridgehead atoms. The molecule has 0 radical (unpaired) electrons. The monoisotopic (exact) mass is 319 g/mol. The van der Waals surface area contributed by atoms with E-state index in [1.54, 1.807) is 5.57 Å². The summed E-state index contributed by atoms with van der Waals surface area (Å²) in [5.74, 6) is 1.83. The maximum absolute atomic E-state index is 4.49. The van der Waals surface area contributed by atoms with Gasteiger partial charge in [0.05, 0.1) is 4.47 Å². The predicted molar refractivity (Wildman–Crippen MR) is 79.1 cm³/mol. The first kappa shape index (κ1) is 11.9. The molecule has 3 fully saturated rings. The van der Waals surface area contributed by atoms with Crippen LogP contribution in [0.5, 0.6) is 0 Å². The van der Waals surface area contributed by atoms with Crippen molar-refractivity contribution in [1.82, 2.24) is 9.97 Å². The average molecular weight is 320 g/mol. The molecule has 4 rings (SSSR count). The first-order chi connectivity index (χ1) is 9.29. The molecule has 0 amide bonds. The fraction of sp³-hybridized carbons (Fsp3) is 0.600. The highest BCUT2D eigenvalue weighted by Gasteiger charge is 2.40. The Bertz CT molecular complexity index is 491. The molecule has 100 valence electrons. The van der Waals surface area contributed by atoms with Gasteiger partial charge in [0, 0.05) is 24.5 Å². The van der Waals surface area contributed by atoms with Gasteiger partial charge in [-0.1, -0.05) is 11.6 Å². The summed E-state index contributed by atoms with van der Waals surface area (Å²) in [7, 11) is 0. The van der Waals surface area contributed by atoms with E-state index in [-0.39, 0.29) is 0 Å². The second kappa shape index (κ2) is 4.58. The maximum Gasteiger partial charge on any atom is 0.225 e. The number of fused-ring (bicyclic) bond motifs is 2. The van der Waals surface area contributed by atoms with Crippen molar-refractivity contribution in [2.24, 2.45) is 5.92 Å². The average Bonchev–Trinajstić information content (AvgIpc) is 3.17. The third-order valence-electron chi connectivity index (χ3n) is 4.55. The minimum atomic E-state index is 0.630. The van der Waals surface area contributed by atoms with Crippen molar-refractivity contribution in [2.45, 2.75) is 50.6 Å². The van der Waals surface area contributed by atoms with Crippen LogP contribution in [0, 0.1) is 5.92 Å². The molecule has 3 heterocycles. The van der Waals surface area contributed by atoms with Gasteiger partial charge in [-0.15, -0.1) is 0 Å². The third-order valence-corrected chi connectivity index (χ3v) is 4.96. The van der Waals surface area contributed by atoms with E-state index in [9.17, 15) is 0 Å². The highest BCUT2D eigenvalue weighted by atomic mass is 79.9. The number of aromatic nitrogens is 2. The summed E-state index contributed by atoms with van der Waals surface area (Å²) in [4.78, 5) is 11.4. The minimum absolute atomic E-state index is 0.630. The van der Waals surface area contributed by atoms with Crippen LogP contribution in [0.3, 0.4) is 0 Å². The van der Waals surface area contributed by atoms with E-state index < -0.39 is 0 Å². The zero-order valence-corrected chi connectivity index (χ0v) is 12.5. The fourth-order valence-corrected chi connectivity index (χ4v) is 3.75. The largest absolute Gasteiger partial charge is 0.334 e. The molecule has 2 saturated heterocycles. The summed E-state index contributed by atoms with van der Waals surface area (Å²) in [5, 5.41) is 0. The zero-order valence-electron chi connectivity index (χ0n) is 10.9. The van der Waals surface area contributed by atoms with E-state index in [0.29, 0.717) is 12.1 Å². The Kier molecular flexibility index (Phi) is 2.87. The Morgan fingerprint density at radius 2 is 1.68 bits per heavy atom. The fourth-order valence-electron chi connectivity index (χ4n) is 3.55. The number of piperidine rings is 1. The van der Waals surface area contributed by atoms with Gasteiger partial charge in [-0.05, 0) is 60.4 Å². The number of hydrogen-bond acceptors (Lipinski definition) is 3. The van der Waals surface area contributed by atoms with Crippen molar-refractivity contribution in [3.05, 3.63) is 28.5 Å². The lowest BCUT2D eigenvalue weighted by Gasteiger charge is -2.36. The standard InChI is InChI=1S/C15H18BrN3/c16-12-8-17-15(18-9-12)19-13-3-4-14(19)7-11(6-13)5-10-1-2-10/h5,8-10,13-14H,1-4,6-7H2. The molecule has 2 atom stereocenters. The molecule has 3 aliphatic rings. The van der Waals surface area contributed by atoms with E-state index >= 15 is 0 Å². The molecule has 0 spiro atoms. The van der Waals surface area contributed by atoms with Gasteiger partial charge in [0.2, 0.25) is 5.95 Å². The van der Waals surface area contributed by atoms with Crippen LogP contribution >= 0.6 is 15.9 Å². The maximum atomic E-state index is 4.49. The normalized spacial score (nSPS) is 29.7. The molecule has 3 nitrogen and oxygen atoms in total. The van der Waals surface area contributed by atoms with Crippen LogP contribution in [0.15, 0.2) is 28.5 Å². The number of nitrogens with zero attached hydrogens (tertiary/aromatic N) is 3. The van der Waals surface area contributed by atoms with Gasteiger partial charge in [-0.3, -0.25) is 0 Å². The van der Waals surface area contributed by atoms with Gasteiger partial charge >= 0.3 is 0 Å². The number of halogens is 1. The van der Waals surface area contributed by atoms with E-state index in [2.05, 4.69) is 36.9 Å². The van der Waals surface area contributed by atoms with Crippen molar-refractivity contribution in [1.29, 1.82) is 0 Å². The minimum Gasteiger partial charge on any atom is -0.334 e. The lowest BCUT2D eigenvalue weighted by atomic mass is 9.96. The zero-order chi connectivity index (χ0) is 12.8. The van der Waals surface area contributed by atoms with Gasteiger partial charge in [0.25, 0.3) is 0 Å². The molecular formula is C15H18BrN3. The van der Waals surface area contributed by atoms with Crippen molar-refractivity contribution < 1.29 is 0 Å². The molecular weight excluding hydrogens is 302 g/mol.